The maximum atomic E-state index is 11.9. The van der Waals surface area contributed by atoms with Gasteiger partial charge in [0, 0.05) is 22.9 Å². The summed E-state index contributed by atoms with van der Waals surface area (Å²) in [4.78, 5) is 14.6. The lowest BCUT2D eigenvalue weighted by Crippen LogP contribution is -2.00. The van der Waals surface area contributed by atoms with Gasteiger partial charge in [-0.15, -0.1) is 0 Å². The van der Waals surface area contributed by atoms with Crippen molar-refractivity contribution in [2.75, 3.05) is 0 Å². The molecule has 0 spiro atoms. The van der Waals surface area contributed by atoms with Gasteiger partial charge in [-0.1, -0.05) is 35.4 Å². The van der Waals surface area contributed by atoms with Gasteiger partial charge in [0.2, 0.25) is 0 Å². The number of benzene rings is 2. The van der Waals surface area contributed by atoms with Crippen molar-refractivity contribution in [3.05, 3.63) is 80.5 Å². The van der Waals surface area contributed by atoms with Crippen LogP contribution in [0.15, 0.2) is 62.9 Å². The second-order valence-electron chi connectivity index (χ2n) is 5.10. The van der Waals surface area contributed by atoms with Gasteiger partial charge in [-0.05, 0) is 39.9 Å². The van der Waals surface area contributed by atoms with Gasteiger partial charge in [0.05, 0.1) is 6.54 Å². The fourth-order valence-electron chi connectivity index (χ4n) is 2.52. The largest absolute Gasteiger partial charge is 0.423 e. The van der Waals surface area contributed by atoms with Gasteiger partial charge < -0.3 is 10.2 Å². The van der Waals surface area contributed by atoms with E-state index in [2.05, 4.69) is 10.0 Å². The minimum atomic E-state index is -0.424. The second-order valence-corrected chi connectivity index (χ2v) is 5.10. The highest BCUT2D eigenvalue weighted by molar-refractivity contribution is 5.93. The van der Waals surface area contributed by atoms with Crippen LogP contribution in [-0.2, 0) is 13.1 Å². The molecule has 1 aromatic heterocycles. The van der Waals surface area contributed by atoms with Gasteiger partial charge in [0.15, 0.2) is 0 Å². The van der Waals surface area contributed by atoms with E-state index in [1.807, 2.05) is 36.4 Å². The molecule has 114 valence electrons. The van der Waals surface area contributed by atoms with Crippen LogP contribution in [0.3, 0.4) is 0 Å². The Morgan fingerprint density at radius 3 is 2.78 bits per heavy atom. The minimum Gasteiger partial charge on any atom is -0.423 e. The molecule has 23 heavy (non-hydrogen) atoms. The Bertz CT molecular complexity index is 972. The lowest BCUT2D eigenvalue weighted by atomic mass is 9.99. The van der Waals surface area contributed by atoms with Crippen LogP contribution >= 0.6 is 0 Å². The van der Waals surface area contributed by atoms with E-state index in [0.717, 1.165) is 27.6 Å². The van der Waals surface area contributed by atoms with Crippen LogP contribution in [0.25, 0.3) is 32.5 Å². The SMILES string of the molecule is [N-]=[N+]=NCc1ccc2c(-c3cccc(CN)c3)cc(=O)oc2c1. The molecule has 3 rings (SSSR count). The molecule has 0 unspecified atom stereocenters. The number of hydrogen-bond donors (Lipinski definition) is 1. The molecule has 0 radical (unpaired) electrons. The monoisotopic (exact) mass is 306 g/mol. The van der Waals surface area contributed by atoms with Gasteiger partial charge in [-0.2, -0.15) is 0 Å². The first-order valence-corrected chi connectivity index (χ1v) is 7.08. The van der Waals surface area contributed by atoms with Crippen molar-refractivity contribution >= 4 is 11.0 Å². The molecule has 6 nitrogen and oxygen atoms in total. The summed E-state index contributed by atoms with van der Waals surface area (Å²) in [7, 11) is 0. The molecule has 0 aliphatic heterocycles. The molecule has 6 heteroatoms. The van der Waals surface area contributed by atoms with Crippen LogP contribution in [0.5, 0.6) is 0 Å². The normalized spacial score (nSPS) is 10.5. The molecule has 1 heterocycles. The highest BCUT2D eigenvalue weighted by Crippen LogP contribution is 2.28. The van der Waals surface area contributed by atoms with Crippen LogP contribution in [0, 0.1) is 0 Å². The van der Waals surface area contributed by atoms with Crippen molar-refractivity contribution in [3.8, 4) is 11.1 Å². The van der Waals surface area contributed by atoms with E-state index >= 15 is 0 Å². The predicted octanol–water partition coefficient (Wildman–Crippen LogP) is 3.73. The molecule has 0 amide bonds. The highest BCUT2D eigenvalue weighted by atomic mass is 16.4. The fourth-order valence-corrected chi connectivity index (χ4v) is 2.52. The third kappa shape index (κ3) is 3.08. The Morgan fingerprint density at radius 2 is 2.00 bits per heavy atom. The second kappa shape index (κ2) is 6.36. The number of fused-ring (bicyclic) bond motifs is 1. The maximum Gasteiger partial charge on any atom is 0.336 e. The van der Waals surface area contributed by atoms with Crippen molar-refractivity contribution in [3.63, 3.8) is 0 Å². The van der Waals surface area contributed by atoms with E-state index in [4.69, 9.17) is 15.7 Å². The number of nitrogens with two attached hydrogens (primary N) is 1. The summed E-state index contributed by atoms with van der Waals surface area (Å²) < 4.78 is 5.29. The van der Waals surface area contributed by atoms with Crippen LogP contribution in [0.2, 0.25) is 0 Å². The lowest BCUT2D eigenvalue weighted by molar-refractivity contribution is 0.561. The first-order chi connectivity index (χ1) is 11.2. The predicted molar refractivity (Wildman–Crippen MR) is 88.7 cm³/mol. The molecule has 2 N–H and O–H groups in total. The summed E-state index contributed by atoms with van der Waals surface area (Å²) >= 11 is 0. The minimum absolute atomic E-state index is 0.211. The quantitative estimate of drug-likeness (QED) is 0.343. The van der Waals surface area contributed by atoms with E-state index in [0.29, 0.717) is 12.1 Å². The molecule has 0 atom stereocenters. The number of nitrogens with zero attached hydrogens (tertiary/aromatic N) is 3. The Labute approximate surface area is 131 Å². The molecule has 0 saturated heterocycles. The summed E-state index contributed by atoms with van der Waals surface area (Å²) in [6.07, 6.45) is 0. The van der Waals surface area contributed by atoms with Gasteiger partial charge in [0.25, 0.3) is 0 Å². The van der Waals surface area contributed by atoms with Gasteiger partial charge in [-0.25, -0.2) is 4.79 Å². The highest BCUT2D eigenvalue weighted by Gasteiger charge is 2.09. The molecule has 0 bridgehead atoms. The zero-order valence-electron chi connectivity index (χ0n) is 12.3. The molecule has 3 aromatic rings. The summed E-state index contributed by atoms with van der Waals surface area (Å²) in [5.41, 5.74) is 17.6. The first-order valence-electron chi connectivity index (χ1n) is 7.08. The van der Waals surface area contributed by atoms with Crippen molar-refractivity contribution in [2.24, 2.45) is 10.8 Å². The van der Waals surface area contributed by atoms with E-state index in [1.165, 1.54) is 6.07 Å². The Morgan fingerprint density at radius 1 is 1.13 bits per heavy atom. The first kappa shape index (κ1) is 14.8. The van der Waals surface area contributed by atoms with Crippen molar-refractivity contribution in [2.45, 2.75) is 13.1 Å². The lowest BCUT2D eigenvalue weighted by Gasteiger charge is -2.08. The molecule has 2 aromatic carbocycles. The van der Waals surface area contributed by atoms with Crippen molar-refractivity contribution in [1.29, 1.82) is 0 Å². The molecule has 0 aliphatic rings. The number of rotatable bonds is 4. The number of hydrogen-bond acceptors (Lipinski definition) is 4. The van der Waals surface area contributed by atoms with Gasteiger partial charge >= 0.3 is 5.63 Å². The molecule has 0 fully saturated rings. The van der Waals surface area contributed by atoms with E-state index < -0.39 is 5.63 Å². The van der Waals surface area contributed by atoms with Crippen LogP contribution in [0.4, 0.5) is 0 Å². The molecule has 0 aliphatic carbocycles. The Hall–Kier alpha value is -3.08. The van der Waals surface area contributed by atoms with Crippen molar-refractivity contribution < 1.29 is 4.42 Å². The summed E-state index contributed by atoms with van der Waals surface area (Å²) in [6, 6.07) is 14.7. The summed E-state index contributed by atoms with van der Waals surface area (Å²) in [5, 5.41) is 4.34. The fraction of sp³-hybridized carbons (Fsp3) is 0.118. The van der Waals surface area contributed by atoms with Gasteiger partial charge in [0.1, 0.15) is 5.58 Å². The third-order valence-electron chi connectivity index (χ3n) is 3.60. The van der Waals surface area contributed by atoms with E-state index in [-0.39, 0.29) is 6.54 Å². The van der Waals surface area contributed by atoms with Crippen LogP contribution in [-0.4, -0.2) is 0 Å². The Kier molecular flexibility index (Phi) is 4.10. The molecule has 0 saturated carbocycles. The van der Waals surface area contributed by atoms with Crippen LogP contribution in [0.1, 0.15) is 11.1 Å². The standard InChI is InChI=1S/C17H14N4O2/c18-9-11-2-1-3-13(6-11)15-8-17(22)23-16-7-12(10-20-21-19)4-5-14(15)16/h1-8H,9-10,18H2. The number of azide groups is 1. The molecular weight excluding hydrogens is 292 g/mol. The molecular formula is C17H14N4O2. The summed E-state index contributed by atoms with van der Waals surface area (Å²) in [6.45, 7) is 0.645. The smallest absolute Gasteiger partial charge is 0.336 e. The van der Waals surface area contributed by atoms with Gasteiger partial charge in [-0.3, -0.25) is 0 Å². The van der Waals surface area contributed by atoms with E-state index in [1.54, 1.807) is 6.07 Å². The maximum absolute atomic E-state index is 11.9. The third-order valence-corrected chi connectivity index (χ3v) is 3.60. The zero-order valence-corrected chi connectivity index (χ0v) is 12.3. The Balaban J connectivity index is 2.20. The zero-order chi connectivity index (χ0) is 16.2. The topological polar surface area (TPSA) is 105 Å². The average Bonchev–Trinajstić information content (AvgIpc) is 2.58. The van der Waals surface area contributed by atoms with Crippen LogP contribution < -0.4 is 11.4 Å². The van der Waals surface area contributed by atoms with Crippen molar-refractivity contribution in [1.82, 2.24) is 0 Å². The van der Waals surface area contributed by atoms with E-state index in [9.17, 15) is 4.79 Å². The summed E-state index contributed by atoms with van der Waals surface area (Å²) in [5.74, 6) is 0. The average molecular weight is 306 g/mol.